The van der Waals surface area contributed by atoms with Gasteiger partial charge in [0.15, 0.2) is 0 Å². The van der Waals surface area contributed by atoms with Crippen LogP contribution in [0.1, 0.15) is 25.8 Å². The molecular formula is C13H17F2NO4S. The lowest BCUT2D eigenvalue weighted by molar-refractivity contribution is -0.139. The van der Waals surface area contributed by atoms with Crippen molar-refractivity contribution in [2.45, 2.75) is 38.1 Å². The summed E-state index contributed by atoms with van der Waals surface area (Å²) in [6.07, 6.45) is 0.0519. The fourth-order valence-electron chi connectivity index (χ4n) is 1.76. The van der Waals surface area contributed by atoms with Crippen LogP contribution >= 0.6 is 0 Å². The molecule has 0 spiro atoms. The number of carboxylic acids is 1. The highest BCUT2D eigenvalue weighted by Crippen LogP contribution is 2.20. The molecule has 5 nitrogen and oxygen atoms in total. The maximum atomic E-state index is 13.6. The Labute approximate surface area is 122 Å². The Kier molecular flexibility index (Phi) is 5.41. The number of rotatable bonds is 6. The Hall–Kier alpha value is -1.54. The highest BCUT2D eigenvalue weighted by atomic mass is 32.2. The second kappa shape index (κ2) is 6.48. The van der Waals surface area contributed by atoms with Gasteiger partial charge in [-0.15, -0.1) is 0 Å². The molecule has 0 amide bonds. The molecule has 0 radical (unpaired) electrons. The van der Waals surface area contributed by atoms with Crippen molar-refractivity contribution in [3.8, 4) is 0 Å². The molecule has 0 heterocycles. The van der Waals surface area contributed by atoms with Gasteiger partial charge in [0.05, 0.1) is 0 Å². The molecule has 0 aliphatic rings. The molecule has 0 aliphatic carbocycles. The number of benzene rings is 1. The number of carbonyl (C=O) groups is 1. The topological polar surface area (TPSA) is 83.5 Å². The molecule has 0 saturated carbocycles. The van der Waals surface area contributed by atoms with Gasteiger partial charge in [-0.1, -0.05) is 13.8 Å². The van der Waals surface area contributed by atoms with Crippen molar-refractivity contribution in [3.63, 3.8) is 0 Å². The van der Waals surface area contributed by atoms with E-state index in [1.165, 1.54) is 6.92 Å². The van der Waals surface area contributed by atoms with Gasteiger partial charge >= 0.3 is 5.97 Å². The molecule has 0 unspecified atom stereocenters. The zero-order chi connectivity index (χ0) is 16.4. The van der Waals surface area contributed by atoms with Crippen molar-refractivity contribution in [2.75, 3.05) is 0 Å². The molecule has 21 heavy (non-hydrogen) atoms. The van der Waals surface area contributed by atoms with E-state index in [1.54, 1.807) is 13.8 Å². The first-order valence-electron chi connectivity index (χ1n) is 6.25. The first-order valence-corrected chi connectivity index (χ1v) is 7.73. The Morgan fingerprint density at radius 1 is 1.29 bits per heavy atom. The largest absolute Gasteiger partial charge is 0.480 e. The summed E-state index contributed by atoms with van der Waals surface area (Å²) in [6.45, 7) is 4.75. The van der Waals surface area contributed by atoms with Crippen molar-refractivity contribution in [1.29, 1.82) is 0 Å². The summed E-state index contributed by atoms with van der Waals surface area (Å²) in [5.74, 6) is -3.57. The van der Waals surface area contributed by atoms with Crippen molar-refractivity contribution in [2.24, 2.45) is 5.92 Å². The van der Waals surface area contributed by atoms with Gasteiger partial charge in [-0.3, -0.25) is 4.79 Å². The van der Waals surface area contributed by atoms with E-state index in [1.807, 2.05) is 4.72 Å². The number of sulfonamides is 1. The molecule has 0 fully saturated rings. The molecule has 8 heteroatoms. The summed E-state index contributed by atoms with van der Waals surface area (Å²) >= 11 is 0. The predicted molar refractivity (Wildman–Crippen MR) is 72.3 cm³/mol. The van der Waals surface area contributed by atoms with E-state index in [-0.39, 0.29) is 17.9 Å². The van der Waals surface area contributed by atoms with Crippen LogP contribution in [0.5, 0.6) is 0 Å². The van der Waals surface area contributed by atoms with Crippen LogP contribution in [-0.4, -0.2) is 25.5 Å². The lowest BCUT2D eigenvalue weighted by Crippen LogP contribution is -2.41. The van der Waals surface area contributed by atoms with Crippen LogP contribution in [0.4, 0.5) is 8.78 Å². The fraction of sp³-hybridized carbons (Fsp3) is 0.462. The normalized spacial score (nSPS) is 13.4. The van der Waals surface area contributed by atoms with E-state index in [4.69, 9.17) is 5.11 Å². The third kappa shape index (κ3) is 4.47. The lowest BCUT2D eigenvalue weighted by Gasteiger charge is -2.17. The van der Waals surface area contributed by atoms with E-state index in [0.29, 0.717) is 6.07 Å². The molecule has 1 rings (SSSR count). The molecule has 1 atom stereocenters. The molecule has 0 aromatic heterocycles. The van der Waals surface area contributed by atoms with Crippen molar-refractivity contribution in [3.05, 3.63) is 29.3 Å². The van der Waals surface area contributed by atoms with Crippen LogP contribution in [0.2, 0.25) is 0 Å². The highest BCUT2D eigenvalue weighted by Gasteiger charge is 2.28. The molecule has 1 aromatic rings. The Morgan fingerprint density at radius 3 is 2.33 bits per heavy atom. The quantitative estimate of drug-likeness (QED) is 0.840. The van der Waals surface area contributed by atoms with Crippen LogP contribution in [0.3, 0.4) is 0 Å². The standard InChI is InChI=1S/C13H17F2NO4S/c1-7(2)4-11(13(17)18)16-21(19,20)12-5-8(3)9(14)6-10(12)15/h5-7,11,16H,4H2,1-3H3,(H,17,18)/t11-/m0/s1. The minimum atomic E-state index is -4.39. The molecule has 0 bridgehead atoms. The predicted octanol–water partition coefficient (Wildman–Crippen LogP) is 2.05. The van der Waals surface area contributed by atoms with Crippen LogP contribution < -0.4 is 4.72 Å². The zero-order valence-corrected chi connectivity index (χ0v) is 12.7. The smallest absolute Gasteiger partial charge is 0.321 e. The average molecular weight is 321 g/mol. The van der Waals surface area contributed by atoms with E-state index in [0.717, 1.165) is 6.07 Å². The summed E-state index contributed by atoms with van der Waals surface area (Å²) in [4.78, 5) is 10.3. The fourth-order valence-corrected chi connectivity index (χ4v) is 3.10. The van der Waals surface area contributed by atoms with Crippen molar-refractivity contribution in [1.82, 2.24) is 4.72 Å². The van der Waals surface area contributed by atoms with Crippen LogP contribution in [0.15, 0.2) is 17.0 Å². The lowest BCUT2D eigenvalue weighted by atomic mass is 10.1. The summed E-state index contributed by atoms with van der Waals surface area (Å²) < 4.78 is 52.9. The number of aliphatic carboxylic acids is 1. The van der Waals surface area contributed by atoms with E-state index < -0.39 is 38.6 Å². The van der Waals surface area contributed by atoms with E-state index >= 15 is 0 Å². The molecular weight excluding hydrogens is 304 g/mol. The monoisotopic (exact) mass is 321 g/mol. The second-order valence-corrected chi connectivity index (χ2v) is 6.86. The zero-order valence-electron chi connectivity index (χ0n) is 11.9. The number of nitrogens with one attached hydrogen (secondary N) is 1. The first kappa shape index (κ1) is 17.5. The maximum absolute atomic E-state index is 13.6. The first-order chi connectivity index (χ1) is 9.54. The molecule has 2 N–H and O–H groups in total. The Morgan fingerprint density at radius 2 is 1.86 bits per heavy atom. The SMILES string of the molecule is Cc1cc(S(=O)(=O)N[C@@H](CC(C)C)C(=O)O)c(F)cc1F. The minimum Gasteiger partial charge on any atom is -0.480 e. The van der Waals surface area contributed by atoms with Crippen LogP contribution in [-0.2, 0) is 14.8 Å². The number of halogens is 2. The van der Waals surface area contributed by atoms with Gasteiger partial charge in [-0.05, 0) is 30.9 Å². The second-order valence-electron chi connectivity index (χ2n) is 5.17. The maximum Gasteiger partial charge on any atom is 0.321 e. The number of aryl methyl sites for hydroxylation is 1. The molecule has 118 valence electrons. The minimum absolute atomic E-state index is 0.0486. The van der Waals surface area contributed by atoms with Crippen molar-refractivity contribution >= 4 is 16.0 Å². The Bertz CT molecular complexity index is 644. The third-order valence-electron chi connectivity index (χ3n) is 2.81. The molecule has 0 aliphatic heterocycles. The third-order valence-corrected chi connectivity index (χ3v) is 4.29. The molecule has 0 saturated heterocycles. The van der Waals surface area contributed by atoms with E-state index in [2.05, 4.69) is 0 Å². The number of hydrogen-bond acceptors (Lipinski definition) is 3. The summed E-state index contributed by atoms with van der Waals surface area (Å²) in [6, 6.07) is -0.0802. The Balaban J connectivity index is 3.16. The van der Waals surface area contributed by atoms with Gasteiger partial charge in [0.1, 0.15) is 22.6 Å². The summed E-state index contributed by atoms with van der Waals surface area (Å²) in [5.41, 5.74) is -0.0486. The van der Waals surface area contributed by atoms with Gasteiger partial charge in [0.2, 0.25) is 10.0 Å². The van der Waals surface area contributed by atoms with Crippen LogP contribution in [0.25, 0.3) is 0 Å². The van der Waals surface area contributed by atoms with Gasteiger partial charge in [-0.25, -0.2) is 17.2 Å². The van der Waals surface area contributed by atoms with Gasteiger partial charge in [-0.2, -0.15) is 4.72 Å². The summed E-state index contributed by atoms with van der Waals surface area (Å²) in [7, 11) is -4.39. The van der Waals surface area contributed by atoms with Crippen LogP contribution in [0, 0.1) is 24.5 Å². The molecule has 1 aromatic carbocycles. The van der Waals surface area contributed by atoms with Gasteiger partial charge in [0, 0.05) is 6.07 Å². The van der Waals surface area contributed by atoms with Gasteiger partial charge in [0.25, 0.3) is 0 Å². The average Bonchev–Trinajstić information content (AvgIpc) is 2.31. The number of hydrogen-bond donors (Lipinski definition) is 2. The van der Waals surface area contributed by atoms with Crippen molar-refractivity contribution < 1.29 is 27.1 Å². The van der Waals surface area contributed by atoms with E-state index in [9.17, 15) is 22.0 Å². The van der Waals surface area contributed by atoms with Gasteiger partial charge < -0.3 is 5.11 Å². The highest BCUT2D eigenvalue weighted by molar-refractivity contribution is 7.89. The number of carboxylic acid groups (broad SMARTS) is 1. The summed E-state index contributed by atoms with van der Waals surface area (Å²) in [5, 5.41) is 9.02.